The number of carboxylic acids is 1. The van der Waals surface area contributed by atoms with Gasteiger partial charge in [-0.15, -0.1) is 0 Å². The minimum Gasteiger partial charge on any atom is -0.481 e. The van der Waals surface area contributed by atoms with Crippen molar-refractivity contribution in [3.63, 3.8) is 0 Å². The smallest absolute Gasteiger partial charge is 0.319 e. The second-order valence-electron chi connectivity index (χ2n) is 3.58. The zero-order valence-electron chi connectivity index (χ0n) is 9.24. The quantitative estimate of drug-likeness (QED) is 0.731. The van der Waals surface area contributed by atoms with Gasteiger partial charge in [0.25, 0.3) is 0 Å². The standard InChI is InChI=1S/C11H13IN2O3/c1-7(6-10(15)16)13-11(17)14-9-5-3-2-4-8(9)12/h2-5,7H,6H2,1H3,(H,15,16)(H2,13,14,17). The lowest BCUT2D eigenvalue weighted by atomic mass is 10.2. The summed E-state index contributed by atoms with van der Waals surface area (Å²) in [7, 11) is 0. The molecule has 0 aromatic heterocycles. The fourth-order valence-corrected chi connectivity index (χ4v) is 1.78. The van der Waals surface area contributed by atoms with Crippen LogP contribution >= 0.6 is 22.6 Å². The highest BCUT2D eigenvalue weighted by Gasteiger charge is 2.11. The van der Waals surface area contributed by atoms with E-state index in [4.69, 9.17) is 5.11 Å². The van der Waals surface area contributed by atoms with Crippen LogP contribution in [0.15, 0.2) is 24.3 Å². The maximum atomic E-state index is 11.5. The minimum absolute atomic E-state index is 0.0979. The Balaban J connectivity index is 2.50. The number of rotatable bonds is 4. The van der Waals surface area contributed by atoms with Crippen LogP contribution in [0.5, 0.6) is 0 Å². The lowest BCUT2D eigenvalue weighted by Gasteiger charge is -2.13. The summed E-state index contributed by atoms with van der Waals surface area (Å²) in [5.41, 5.74) is 0.702. The summed E-state index contributed by atoms with van der Waals surface area (Å²) >= 11 is 2.11. The SMILES string of the molecule is CC(CC(=O)O)NC(=O)Nc1ccccc1I. The Morgan fingerprint density at radius 1 is 1.41 bits per heavy atom. The topological polar surface area (TPSA) is 78.4 Å². The predicted octanol–water partition coefficient (Wildman–Crippen LogP) is 2.28. The van der Waals surface area contributed by atoms with Crippen LogP contribution in [0.3, 0.4) is 0 Å². The van der Waals surface area contributed by atoms with E-state index in [0.717, 1.165) is 3.57 Å². The van der Waals surface area contributed by atoms with E-state index in [1.54, 1.807) is 13.0 Å². The van der Waals surface area contributed by atoms with Gasteiger partial charge in [-0.3, -0.25) is 4.79 Å². The number of benzene rings is 1. The maximum Gasteiger partial charge on any atom is 0.319 e. The average molecular weight is 348 g/mol. The second kappa shape index (κ2) is 6.43. The monoisotopic (exact) mass is 348 g/mol. The summed E-state index contributed by atoms with van der Waals surface area (Å²) in [4.78, 5) is 22.0. The molecule has 0 fully saturated rings. The van der Waals surface area contributed by atoms with Crippen LogP contribution in [0, 0.1) is 3.57 Å². The van der Waals surface area contributed by atoms with Crippen molar-refractivity contribution in [1.29, 1.82) is 0 Å². The van der Waals surface area contributed by atoms with Crippen molar-refractivity contribution in [3.8, 4) is 0 Å². The Bertz CT molecular complexity index is 423. The zero-order valence-corrected chi connectivity index (χ0v) is 11.4. The second-order valence-corrected chi connectivity index (χ2v) is 4.74. The molecule has 0 bridgehead atoms. The van der Waals surface area contributed by atoms with Gasteiger partial charge in [-0.2, -0.15) is 0 Å². The molecule has 17 heavy (non-hydrogen) atoms. The molecule has 0 saturated carbocycles. The van der Waals surface area contributed by atoms with Gasteiger partial charge in [-0.25, -0.2) is 4.79 Å². The number of urea groups is 1. The van der Waals surface area contributed by atoms with Crippen molar-refractivity contribution in [2.45, 2.75) is 19.4 Å². The third-order valence-electron chi connectivity index (χ3n) is 1.98. The van der Waals surface area contributed by atoms with Crippen molar-refractivity contribution in [3.05, 3.63) is 27.8 Å². The number of para-hydroxylation sites is 1. The van der Waals surface area contributed by atoms with Crippen LogP contribution in [0.4, 0.5) is 10.5 Å². The molecule has 2 amide bonds. The van der Waals surface area contributed by atoms with E-state index in [1.807, 2.05) is 18.2 Å². The number of anilines is 1. The van der Waals surface area contributed by atoms with Gasteiger partial charge in [0, 0.05) is 9.61 Å². The first-order valence-electron chi connectivity index (χ1n) is 5.03. The number of carbonyl (C=O) groups excluding carboxylic acids is 1. The molecule has 1 aromatic rings. The van der Waals surface area contributed by atoms with Crippen molar-refractivity contribution >= 4 is 40.3 Å². The largest absolute Gasteiger partial charge is 0.481 e. The lowest BCUT2D eigenvalue weighted by molar-refractivity contribution is -0.137. The minimum atomic E-state index is -0.938. The first kappa shape index (κ1) is 13.8. The van der Waals surface area contributed by atoms with Crippen LogP contribution < -0.4 is 10.6 Å². The van der Waals surface area contributed by atoms with Gasteiger partial charge in [-0.05, 0) is 41.6 Å². The molecule has 0 radical (unpaired) electrons. The van der Waals surface area contributed by atoms with E-state index in [0.29, 0.717) is 5.69 Å². The molecule has 0 aliphatic carbocycles. The molecule has 3 N–H and O–H groups in total. The Morgan fingerprint density at radius 3 is 2.65 bits per heavy atom. The van der Waals surface area contributed by atoms with Crippen LogP contribution in [-0.4, -0.2) is 23.1 Å². The molecule has 1 aromatic carbocycles. The highest BCUT2D eigenvalue weighted by atomic mass is 127. The van der Waals surface area contributed by atoms with Gasteiger partial charge in [0.05, 0.1) is 12.1 Å². The average Bonchev–Trinajstić information content (AvgIpc) is 2.19. The van der Waals surface area contributed by atoms with Crippen LogP contribution in [0.2, 0.25) is 0 Å². The van der Waals surface area contributed by atoms with Crippen LogP contribution in [0.25, 0.3) is 0 Å². The zero-order chi connectivity index (χ0) is 12.8. The molecule has 0 aliphatic heterocycles. The third-order valence-corrected chi connectivity index (χ3v) is 2.92. The summed E-state index contributed by atoms with van der Waals surface area (Å²) in [5.74, 6) is -0.938. The highest BCUT2D eigenvalue weighted by Crippen LogP contribution is 2.16. The van der Waals surface area contributed by atoms with E-state index in [-0.39, 0.29) is 6.42 Å². The fraction of sp³-hybridized carbons (Fsp3) is 0.273. The molecule has 0 saturated heterocycles. The van der Waals surface area contributed by atoms with Gasteiger partial charge in [0.1, 0.15) is 0 Å². The molecule has 92 valence electrons. The van der Waals surface area contributed by atoms with Gasteiger partial charge < -0.3 is 15.7 Å². The van der Waals surface area contributed by atoms with Crippen molar-refractivity contribution in [2.24, 2.45) is 0 Å². The number of nitrogens with one attached hydrogen (secondary N) is 2. The van der Waals surface area contributed by atoms with Gasteiger partial charge in [0.15, 0.2) is 0 Å². The molecule has 5 nitrogen and oxygen atoms in total. The normalized spacial score (nSPS) is 11.6. The molecule has 6 heteroatoms. The molecule has 1 unspecified atom stereocenters. The van der Waals surface area contributed by atoms with E-state index in [1.165, 1.54) is 0 Å². The van der Waals surface area contributed by atoms with Gasteiger partial charge in [0.2, 0.25) is 0 Å². The van der Waals surface area contributed by atoms with Crippen molar-refractivity contribution < 1.29 is 14.7 Å². The van der Waals surface area contributed by atoms with E-state index in [2.05, 4.69) is 33.2 Å². The molecule has 1 atom stereocenters. The number of carbonyl (C=O) groups is 2. The molecule has 0 spiro atoms. The summed E-state index contributed by atoms with van der Waals surface area (Å²) in [6.45, 7) is 1.64. The highest BCUT2D eigenvalue weighted by molar-refractivity contribution is 14.1. The Hall–Kier alpha value is -1.31. The fourth-order valence-electron chi connectivity index (χ4n) is 1.26. The molecule has 0 heterocycles. The molecule has 1 rings (SSSR count). The number of halogens is 1. The number of carboxylic acid groups (broad SMARTS) is 1. The lowest BCUT2D eigenvalue weighted by Crippen LogP contribution is -2.37. The van der Waals surface area contributed by atoms with Crippen LogP contribution in [0.1, 0.15) is 13.3 Å². The van der Waals surface area contributed by atoms with E-state index in [9.17, 15) is 9.59 Å². The summed E-state index contributed by atoms with van der Waals surface area (Å²) in [6, 6.07) is 6.54. The number of aliphatic carboxylic acids is 1. The number of amides is 2. The molecular formula is C11H13IN2O3. The van der Waals surface area contributed by atoms with Crippen molar-refractivity contribution in [2.75, 3.05) is 5.32 Å². The summed E-state index contributed by atoms with van der Waals surface area (Å²) in [5, 5.41) is 13.8. The Kier molecular flexibility index (Phi) is 5.20. The van der Waals surface area contributed by atoms with E-state index >= 15 is 0 Å². The Labute approximate surface area is 113 Å². The van der Waals surface area contributed by atoms with E-state index < -0.39 is 18.0 Å². The first-order chi connectivity index (χ1) is 7.99. The first-order valence-corrected chi connectivity index (χ1v) is 6.10. The molecule has 0 aliphatic rings. The number of hydrogen-bond acceptors (Lipinski definition) is 2. The van der Waals surface area contributed by atoms with Gasteiger partial charge >= 0.3 is 12.0 Å². The molecular weight excluding hydrogens is 335 g/mol. The Morgan fingerprint density at radius 2 is 2.06 bits per heavy atom. The summed E-state index contributed by atoms with van der Waals surface area (Å²) in [6.07, 6.45) is -0.0979. The predicted molar refractivity (Wildman–Crippen MR) is 73.0 cm³/mol. The van der Waals surface area contributed by atoms with Crippen LogP contribution in [-0.2, 0) is 4.79 Å². The third kappa shape index (κ3) is 5.03. The summed E-state index contributed by atoms with van der Waals surface area (Å²) < 4.78 is 0.922. The number of hydrogen-bond donors (Lipinski definition) is 3. The van der Waals surface area contributed by atoms with Crippen molar-refractivity contribution in [1.82, 2.24) is 5.32 Å². The maximum absolute atomic E-state index is 11.5. The van der Waals surface area contributed by atoms with Gasteiger partial charge in [-0.1, -0.05) is 12.1 Å².